The van der Waals surface area contributed by atoms with E-state index in [1.807, 2.05) is 38.4 Å². The lowest BCUT2D eigenvalue weighted by molar-refractivity contribution is 0.0978. The Morgan fingerprint density at radius 2 is 1.29 bits per heavy atom. The van der Waals surface area contributed by atoms with Crippen LogP contribution in [0, 0.1) is 0 Å². The third kappa shape index (κ3) is 6.93. The lowest BCUT2D eigenvalue weighted by atomic mass is 9.88. The summed E-state index contributed by atoms with van der Waals surface area (Å²) in [6.07, 6.45) is 6.14. The molecule has 1 aliphatic rings. The Kier molecular flexibility index (Phi) is 8.91. The molecule has 3 heteroatoms. The van der Waals surface area contributed by atoms with Crippen LogP contribution < -0.4 is 4.90 Å². The molecule has 0 bridgehead atoms. The van der Waals surface area contributed by atoms with Crippen LogP contribution in [0.2, 0.25) is 0 Å². The minimum atomic E-state index is 0.261. The first kappa shape index (κ1) is 24.9. The molecule has 1 aliphatic heterocycles. The van der Waals surface area contributed by atoms with Crippen LogP contribution in [0.3, 0.4) is 0 Å². The molecule has 3 nitrogen and oxygen atoms in total. The maximum atomic E-state index is 12.5. The number of carbonyl (C=O) groups is 1. The van der Waals surface area contributed by atoms with Crippen LogP contribution >= 0.6 is 0 Å². The van der Waals surface area contributed by atoms with Crippen LogP contribution in [0.4, 0.5) is 5.69 Å². The van der Waals surface area contributed by atoms with E-state index in [2.05, 4.69) is 70.5 Å². The van der Waals surface area contributed by atoms with Crippen molar-refractivity contribution in [2.24, 2.45) is 0 Å². The van der Waals surface area contributed by atoms with Crippen LogP contribution in [0.25, 0.3) is 5.57 Å². The lowest BCUT2D eigenvalue weighted by Gasteiger charge is -2.30. The van der Waals surface area contributed by atoms with Gasteiger partial charge in [0.1, 0.15) is 0 Å². The number of likely N-dealkylation sites (tertiary alicyclic amines) is 1. The zero-order valence-corrected chi connectivity index (χ0v) is 21.2. The first-order chi connectivity index (χ1) is 17.1. The molecule has 1 saturated heterocycles. The Hall–Kier alpha value is -3.17. The van der Waals surface area contributed by atoms with Gasteiger partial charge >= 0.3 is 0 Å². The van der Waals surface area contributed by atoms with E-state index in [-0.39, 0.29) is 5.78 Å². The Morgan fingerprint density at radius 3 is 1.83 bits per heavy atom. The van der Waals surface area contributed by atoms with E-state index in [0.29, 0.717) is 6.42 Å². The highest BCUT2D eigenvalue weighted by molar-refractivity contribution is 5.96. The summed E-state index contributed by atoms with van der Waals surface area (Å²) in [6.45, 7) is 3.37. The van der Waals surface area contributed by atoms with Gasteiger partial charge in [-0.05, 0) is 73.2 Å². The molecule has 0 amide bonds. The number of rotatable bonds is 10. The van der Waals surface area contributed by atoms with Gasteiger partial charge in [0.25, 0.3) is 0 Å². The van der Waals surface area contributed by atoms with Gasteiger partial charge in [0, 0.05) is 44.9 Å². The van der Waals surface area contributed by atoms with Gasteiger partial charge in [0.15, 0.2) is 5.78 Å². The van der Waals surface area contributed by atoms with E-state index in [4.69, 9.17) is 0 Å². The molecule has 3 aromatic rings. The summed E-state index contributed by atoms with van der Waals surface area (Å²) in [5.74, 6) is 0.261. The van der Waals surface area contributed by atoms with E-state index >= 15 is 0 Å². The molecule has 0 unspecified atom stereocenters. The largest absolute Gasteiger partial charge is 0.378 e. The van der Waals surface area contributed by atoms with Crippen LogP contribution in [-0.2, 0) is 0 Å². The van der Waals surface area contributed by atoms with Crippen molar-refractivity contribution in [1.29, 1.82) is 0 Å². The number of anilines is 1. The second kappa shape index (κ2) is 12.5. The fourth-order valence-corrected chi connectivity index (χ4v) is 4.97. The lowest BCUT2D eigenvalue weighted by Crippen LogP contribution is -2.32. The van der Waals surface area contributed by atoms with Crippen LogP contribution in [0.15, 0.2) is 90.5 Å². The fraction of sp³-hybridized carbons (Fsp3) is 0.344. The van der Waals surface area contributed by atoms with Gasteiger partial charge in [-0.25, -0.2) is 0 Å². The average Bonchev–Trinajstić information content (AvgIpc) is 2.91. The minimum Gasteiger partial charge on any atom is -0.378 e. The van der Waals surface area contributed by atoms with Crippen molar-refractivity contribution in [3.05, 3.63) is 107 Å². The molecule has 0 aliphatic carbocycles. The number of nitrogens with zero attached hydrogens (tertiary/aromatic N) is 2. The predicted octanol–water partition coefficient (Wildman–Crippen LogP) is 7.09. The van der Waals surface area contributed by atoms with Crippen molar-refractivity contribution in [2.75, 3.05) is 38.6 Å². The van der Waals surface area contributed by atoms with E-state index < -0.39 is 0 Å². The van der Waals surface area contributed by atoms with Crippen LogP contribution in [-0.4, -0.2) is 44.4 Å². The molecule has 0 atom stereocenters. The number of carbonyl (C=O) groups excluding carboxylic acids is 1. The average molecular weight is 467 g/mol. The van der Waals surface area contributed by atoms with Crippen molar-refractivity contribution in [3.63, 3.8) is 0 Å². The van der Waals surface area contributed by atoms with Crippen LogP contribution in [0.1, 0.15) is 60.0 Å². The standard InChI is InChI=1S/C32H38N2O/c1-33(2)30-19-17-26(18-20-30)31(35)16-10-5-11-23-34-24-21-29(22-25-34)32(27-12-6-3-7-13-27)28-14-8-4-9-15-28/h3-4,6-9,12-15,17-20H,5,10-11,16,21-25H2,1-2H3. The molecule has 0 aromatic heterocycles. The molecule has 35 heavy (non-hydrogen) atoms. The number of hydrogen-bond acceptors (Lipinski definition) is 3. The fourth-order valence-electron chi connectivity index (χ4n) is 4.97. The second-order valence-electron chi connectivity index (χ2n) is 9.73. The number of hydrogen-bond donors (Lipinski definition) is 0. The van der Waals surface area contributed by atoms with Gasteiger partial charge in [0.05, 0.1) is 0 Å². The number of benzene rings is 3. The molecular formula is C32H38N2O. The molecule has 1 fully saturated rings. The molecule has 0 spiro atoms. The van der Waals surface area contributed by atoms with Gasteiger partial charge in [-0.15, -0.1) is 0 Å². The number of Topliss-reactive ketones (excluding diaryl/α,β-unsaturated/α-hetero) is 1. The Balaban J connectivity index is 1.24. The van der Waals surface area contributed by atoms with Crippen molar-refractivity contribution in [2.45, 2.75) is 38.5 Å². The summed E-state index contributed by atoms with van der Waals surface area (Å²) in [6, 6.07) is 29.6. The van der Waals surface area contributed by atoms with Gasteiger partial charge in [-0.1, -0.05) is 72.7 Å². The number of ketones is 1. The van der Waals surface area contributed by atoms with Crippen molar-refractivity contribution in [1.82, 2.24) is 4.90 Å². The Bertz CT molecular complexity index is 1050. The topological polar surface area (TPSA) is 23.6 Å². The van der Waals surface area contributed by atoms with Gasteiger partial charge in [-0.3, -0.25) is 4.79 Å². The zero-order chi connectivity index (χ0) is 24.5. The smallest absolute Gasteiger partial charge is 0.162 e. The van der Waals surface area contributed by atoms with E-state index in [1.54, 1.807) is 5.57 Å². The minimum absolute atomic E-state index is 0.261. The maximum Gasteiger partial charge on any atom is 0.162 e. The van der Waals surface area contributed by atoms with Gasteiger partial charge in [-0.2, -0.15) is 0 Å². The second-order valence-corrected chi connectivity index (χ2v) is 9.73. The van der Waals surface area contributed by atoms with Crippen molar-refractivity contribution < 1.29 is 4.79 Å². The zero-order valence-electron chi connectivity index (χ0n) is 21.2. The summed E-state index contributed by atoms with van der Waals surface area (Å²) in [4.78, 5) is 17.1. The van der Waals surface area contributed by atoms with Crippen molar-refractivity contribution in [3.8, 4) is 0 Å². The first-order valence-electron chi connectivity index (χ1n) is 13.0. The van der Waals surface area contributed by atoms with Gasteiger partial charge < -0.3 is 9.80 Å². The quantitative estimate of drug-likeness (QED) is 0.235. The molecule has 4 rings (SSSR count). The predicted molar refractivity (Wildman–Crippen MR) is 148 cm³/mol. The third-order valence-electron chi connectivity index (χ3n) is 7.02. The molecule has 1 heterocycles. The van der Waals surface area contributed by atoms with Crippen LogP contribution in [0.5, 0.6) is 0 Å². The normalized spacial score (nSPS) is 14.1. The SMILES string of the molecule is CN(C)c1ccc(C(=O)CCCCCN2CCC(=C(c3ccccc3)c3ccccc3)CC2)cc1. The number of piperidine rings is 1. The highest BCUT2D eigenvalue weighted by Crippen LogP contribution is 2.32. The van der Waals surface area contributed by atoms with E-state index in [9.17, 15) is 4.79 Å². The van der Waals surface area contributed by atoms with Crippen molar-refractivity contribution >= 4 is 17.0 Å². The molecule has 3 aromatic carbocycles. The first-order valence-corrected chi connectivity index (χ1v) is 13.0. The summed E-state index contributed by atoms with van der Waals surface area (Å²) in [5.41, 5.74) is 7.60. The summed E-state index contributed by atoms with van der Waals surface area (Å²) >= 11 is 0. The maximum absolute atomic E-state index is 12.5. The monoisotopic (exact) mass is 466 g/mol. The Morgan fingerprint density at radius 1 is 0.714 bits per heavy atom. The van der Waals surface area contributed by atoms with Gasteiger partial charge in [0.2, 0.25) is 0 Å². The molecule has 0 saturated carbocycles. The highest BCUT2D eigenvalue weighted by atomic mass is 16.1. The summed E-state index contributed by atoms with van der Waals surface area (Å²) in [5, 5.41) is 0. The number of unbranched alkanes of at least 4 members (excludes halogenated alkanes) is 2. The molecule has 182 valence electrons. The summed E-state index contributed by atoms with van der Waals surface area (Å²) < 4.78 is 0. The van der Waals surface area contributed by atoms with E-state index in [0.717, 1.165) is 63.0 Å². The highest BCUT2D eigenvalue weighted by Gasteiger charge is 2.18. The Labute approximate surface area is 211 Å². The molecular weight excluding hydrogens is 428 g/mol. The third-order valence-corrected chi connectivity index (χ3v) is 7.02. The molecule has 0 radical (unpaired) electrons. The van der Waals surface area contributed by atoms with E-state index in [1.165, 1.54) is 16.7 Å². The molecule has 0 N–H and O–H groups in total. The summed E-state index contributed by atoms with van der Waals surface area (Å²) in [7, 11) is 4.03.